The van der Waals surface area contributed by atoms with E-state index in [1.807, 2.05) is 54.6 Å². The number of carbonyl (C=O) groups is 1. The minimum absolute atomic E-state index is 0.0675. The van der Waals surface area contributed by atoms with Crippen molar-refractivity contribution >= 4 is 11.7 Å². The Kier molecular flexibility index (Phi) is 10.8. The van der Waals surface area contributed by atoms with Crippen LogP contribution >= 0.6 is 0 Å². The Morgan fingerprint density at radius 1 is 0.704 bits per heavy atom. The van der Waals surface area contributed by atoms with Crippen LogP contribution in [0.4, 0.5) is 5.69 Å². The van der Waals surface area contributed by atoms with Gasteiger partial charge in [-0.2, -0.15) is 0 Å². The van der Waals surface area contributed by atoms with Gasteiger partial charge in [-0.05, 0) is 58.1 Å². The number of nitro groups is 1. The monoisotopic (exact) mass is 716 g/mol. The van der Waals surface area contributed by atoms with Crippen molar-refractivity contribution in [3.63, 3.8) is 0 Å². The molecule has 0 amide bonds. The van der Waals surface area contributed by atoms with Crippen LogP contribution in [0.15, 0.2) is 176 Å². The van der Waals surface area contributed by atoms with E-state index in [-0.39, 0.29) is 10.6 Å². The Morgan fingerprint density at radius 3 is 1.85 bits per heavy atom. The van der Waals surface area contributed by atoms with Crippen molar-refractivity contribution in [2.75, 3.05) is 20.3 Å². The molecule has 0 unspecified atom stereocenters. The number of rotatable bonds is 14. The van der Waals surface area contributed by atoms with Crippen LogP contribution in [0.2, 0.25) is 0 Å². The second-order valence-electron chi connectivity index (χ2n) is 13.0. The summed E-state index contributed by atoms with van der Waals surface area (Å²) in [5.41, 5.74) is 6.31. The molecule has 9 heteroatoms. The molecule has 0 aliphatic carbocycles. The summed E-state index contributed by atoms with van der Waals surface area (Å²) >= 11 is 0. The van der Waals surface area contributed by atoms with Gasteiger partial charge in [0.25, 0.3) is 5.69 Å². The van der Waals surface area contributed by atoms with Crippen molar-refractivity contribution in [1.29, 1.82) is 0 Å². The summed E-state index contributed by atoms with van der Waals surface area (Å²) in [5.74, 6) is 0.773. The van der Waals surface area contributed by atoms with Crippen LogP contribution in [-0.4, -0.2) is 41.0 Å². The van der Waals surface area contributed by atoms with E-state index in [9.17, 15) is 14.9 Å². The number of carbonyl (C=O) groups excluding carboxylic acids is 1. The van der Waals surface area contributed by atoms with Gasteiger partial charge >= 0.3 is 5.97 Å². The number of nitro benzene ring substituents is 1. The van der Waals surface area contributed by atoms with E-state index in [0.29, 0.717) is 43.4 Å². The fraction of sp³-hybridized carbons (Fsp3) is 0.133. The zero-order valence-corrected chi connectivity index (χ0v) is 29.9. The molecular formula is C45H40N4O5. The predicted molar refractivity (Wildman–Crippen MR) is 209 cm³/mol. The summed E-state index contributed by atoms with van der Waals surface area (Å²) in [7, 11) is 1.35. The first-order chi connectivity index (χ1) is 26.4. The molecular weight excluding hydrogens is 677 g/mol. The van der Waals surface area contributed by atoms with Crippen LogP contribution in [0.5, 0.6) is 11.5 Å². The van der Waals surface area contributed by atoms with Crippen molar-refractivity contribution in [3.05, 3.63) is 219 Å². The standard InChI is InChI=1S/C45H40N4O5/c1-53-44(50)36-14-12-22-43(28-36)54-42-21-11-13-35(27-42)29-46-30-41-32-48(33-47(41)31-34-23-25-40(26-24-34)49(51)52)45(37-15-5-2-6-16-37,38-17-7-3-8-18-38)39-19-9-4-10-20-39/h2-28,32,46H,29-31,33H2,1H3. The molecule has 0 radical (unpaired) electrons. The quantitative estimate of drug-likeness (QED) is 0.0517. The molecule has 0 bridgehead atoms. The van der Waals surface area contributed by atoms with Crippen LogP contribution in [0.25, 0.3) is 0 Å². The van der Waals surface area contributed by atoms with Crippen molar-refractivity contribution in [2.24, 2.45) is 0 Å². The molecule has 54 heavy (non-hydrogen) atoms. The molecule has 270 valence electrons. The minimum Gasteiger partial charge on any atom is -0.465 e. The highest BCUT2D eigenvalue weighted by Gasteiger charge is 2.44. The first-order valence-electron chi connectivity index (χ1n) is 17.7. The fourth-order valence-electron chi connectivity index (χ4n) is 7.06. The lowest BCUT2D eigenvalue weighted by Gasteiger charge is -2.44. The SMILES string of the molecule is COC(=O)c1cccc(Oc2cccc(CNCC3=CN(C(c4ccccc4)(c4ccccc4)c4ccccc4)CN3Cc3ccc([N+](=O)[O-])cc3)c2)c1. The van der Waals surface area contributed by atoms with Gasteiger partial charge in [0, 0.05) is 43.7 Å². The van der Waals surface area contributed by atoms with E-state index in [4.69, 9.17) is 9.47 Å². The van der Waals surface area contributed by atoms with Gasteiger partial charge in [-0.3, -0.25) is 10.1 Å². The maximum atomic E-state index is 12.0. The summed E-state index contributed by atoms with van der Waals surface area (Å²) in [6, 6.07) is 53.3. The topological polar surface area (TPSA) is 97.2 Å². The number of hydrogen-bond donors (Lipinski definition) is 1. The molecule has 0 aromatic heterocycles. The first kappa shape index (κ1) is 35.7. The Balaban J connectivity index is 1.19. The van der Waals surface area contributed by atoms with Gasteiger partial charge < -0.3 is 24.6 Å². The van der Waals surface area contributed by atoms with Crippen molar-refractivity contribution < 1.29 is 19.2 Å². The van der Waals surface area contributed by atoms with Crippen LogP contribution in [0, 0.1) is 10.1 Å². The molecule has 1 aliphatic rings. The van der Waals surface area contributed by atoms with E-state index in [2.05, 4.69) is 94.1 Å². The number of nitrogens with zero attached hydrogens (tertiary/aromatic N) is 3. The zero-order chi connectivity index (χ0) is 37.3. The van der Waals surface area contributed by atoms with Gasteiger partial charge in [0.05, 0.1) is 24.3 Å². The lowest BCUT2D eigenvalue weighted by Crippen LogP contribution is -2.46. The molecule has 0 spiro atoms. The Morgan fingerprint density at radius 2 is 1.28 bits per heavy atom. The molecule has 0 fully saturated rings. The number of ether oxygens (including phenoxy) is 2. The average molecular weight is 717 g/mol. The van der Waals surface area contributed by atoms with Gasteiger partial charge in [-0.15, -0.1) is 0 Å². The third kappa shape index (κ3) is 7.72. The smallest absolute Gasteiger partial charge is 0.337 e. The van der Waals surface area contributed by atoms with Crippen molar-refractivity contribution in [3.8, 4) is 11.5 Å². The van der Waals surface area contributed by atoms with E-state index in [1.54, 1.807) is 36.4 Å². The van der Waals surface area contributed by atoms with Gasteiger partial charge in [0.1, 0.15) is 17.0 Å². The molecule has 0 saturated carbocycles. The first-order valence-corrected chi connectivity index (χ1v) is 17.7. The Labute approximate surface area is 314 Å². The van der Waals surface area contributed by atoms with Gasteiger partial charge in [0.2, 0.25) is 0 Å². The van der Waals surface area contributed by atoms with E-state index in [0.717, 1.165) is 33.5 Å². The number of esters is 1. The largest absolute Gasteiger partial charge is 0.465 e. The minimum atomic E-state index is -0.657. The van der Waals surface area contributed by atoms with Gasteiger partial charge in [-0.1, -0.05) is 121 Å². The molecule has 1 heterocycles. The molecule has 0 atom stereocenters. The maximum Gasteiger partial charge on any atom is 0.337 e. The summed E-state index contributed by atoms with van der Waals surface area (Å²) in [4.78, 5) is 27.8. The number of hydrogen-bond acceptors (Lipinski definition) is 8. The molecule has 6 aromatic carbocycles. The Bertz CT molecular complexity index is 2130. The van der Waals surface area contributed by atoms with Crippen LogP contribution in [0.3, 0.4) is 0 Å². The summed E-state index contributed by atoms with van der Waals surface area (Å²) < 4.78 is 11.0. The summed E-state index contributed by atoms with van der Waals surface area (Å²) in [5, 5.41) is 15.1. The lowest BCUT2D eigenvalue weighted by atomic mass is 9.76. The van der Waals surface area contributed by atoms with E-state index in [1.165, 1.54) is 7.11 Å². The highest BCUT2D eigenvalue weighted by molar-refractivity contribution is 5.89. The number of non-ortho nitro benzene ring substituents is 1. The van der Waals surface area contributed by atoms with Gasteiger partial charge in [-0.25, -0.2) is 4.79 Å². The number of benzene rings is 6. The highest BCUT2D eigenvalue weighted by atomic mass is 16.6. The van der Waals surface area contributed by atoms with Crippen LogP contribution in [-0.2, 0) is 23.4 Å². The van der Waals surface area contributed by atoms with E-state index >= 15 is 0 Å². The van der Waals surface area contributed by atoms with E-state index < -0.39 is 11.5 Å². The molecule has 1 N–H and O–H groups in total. The lowest BCUT2D eigenvalue weighted by molar-refractivity contribution is -0.384. The third-order valence-electron chi connectivity index (χ3n) is 9.58. The third-order valence-corrected chi connectivity index (χ3v) is 9.58. The zero-order valence-electron chi connectivity index (χ0n) is 29.9. The molecule has 7 rings (SSSR count). The van der Waals surface area contributed by atoms with Crippen molar-refractivity contribution in [2.45, 2.75) is 18.6 Å². The molecule has 9 nitrogen and oxygen atoms in total. The predicted octanol–water partition coefficient (Wildman–Crippen LogP) is 8.87. The van der Waals surface area contributed by atoms with Crippen LogP contribution in [0.1, 0.15) is 38.2 Å². The normalized spacial score (nSPS) is 12.6. The summed E-state index contributed by atoms with van der Waals surface area (Å²) in [6.07, 6.45) is 2.25. The maximum absolute atomic E-state index is 12.0. The van der Waals surface area contributed by atoms with Gasteiger partial charge in [0.15, 0.2) is 0 Å². The van der Waals surface area contributed by atoms with Crippen molar-refractivity contribution in [1.82, 2.24) is 15.1 Å². The molecule has 6 aromatic rings. The molecule has 0 saturated heterocycles. The Hall–Kier alpha value is -6.71. The fourth-order valence-corrected chi connectivity index (χ4v) is 7.06. The second kappa shape index (κ2) is 16.3. The highest BCUT2D eigenvalue weighted by Crippen LogP contribution is 2.45. The number of methoxy groups -OCH3 is 1. The molecule has 1 aliphatic heterocycles. The second-order valence-corrected chi connectivity index (χ2v) is 13.0. The average Bonchev–Trinajstić information content (AvgIpc) is 3.61. The summed E-state index contributed by atoms with van der Waals surface area (Å²) in [6.45, 7) is 2.26. The number of nitrogens with one attached hydrogen (secondary N) is 1. The van der Waals surface area contributed by atoms with Crippen LogP contribution < -0.4 is 10.1 Å².